The monoisotopic (exact) mass is 363 g/mol. The molecule has 6 heteroatoms. The molecule has 0 saturated heterocycles. The molecule has 6 nitrogen and oxygen atoms in total. The van der Waals surface area contributed by atoms with Gasteiger partial charge in [0.15, 0.2) is 0 Å². The highest BCUT2D eigenvalue weighted by molar-refractivity contribution is 5.87. The van der Waals surface area contributed by atoms with Crippen molar-refractivity contribution >= 4 is 12.0 Å². The van der Waals surface area contributed by atoms with Crippen molar-refractivity contribution in [3.05, 3.63) is 71.8 Å². The van der Waals surface area contributed by atoms with Crippen LogP contribution in [0.15, 0.2) is 60.7 Å². The van der Waals surface area contributed by atoms with Gasteiger partial charge in [-0.1, -0.05) is 60.7 Å². The van der Waals surface area contributed by atoms with E-state index >= 15 is 0 Å². The number of carbonyl (C=O) groups is 2. The molecule has 2 amide bonds. The first-order chi connectivity index (χ1) is 13.1. The van der Waals surface area contributed by atoms with E-state index in [4.69, 9.17) is 4.74 Å². The third-order valence-electron chi connectivity index (χ3n) is 4.43. The number of ether oxygens (including phenoxy) is 1. The van der Waals surface area contributed by atoms with Crippen molar-refractivity contribution in [1.82, 2.24) is 10.6 Å². The number of nitriles is 1. The van der Waals surface area contributed by atoms with Gasteiger partial charge in [0.1, 0.15) is 18.2 Å². The van der Waals surface area contributed by atoms with E-state index in [2.05, 4.69) is 16.7 Å². The molecule has 0 aliphatic heterocycles. The number of benzene rings is 2. The molecule has 1 atom stereocenters. The Morgan fingerprint density at radius 3 is 2.19 bits per heavy atom. The number of nitrogens with one attached hydrogen (secondary N) is 2. The molecule has 2 N–H and O–H groups in total. The van der Waals surface area contributed by atoms with E-state index in [1.807, 2.05) is 60.7 Å². The number of hydrogen-bond acceptors (Lipinski definition) is 4. The minimum atomic E-state index is -0.818. The molecule has 2 aromatic rings. The summed E-state index contributed by atoms with van der Waals surface area (Å²) in [4.78, 5) is 24.8. The standard InChI is InChI=1S/C21H21N3O3/c22-15-21(11-12-21)24-19(25)18(13-16-7-3-1-4-8-16)23-20(26)27-14-17-9-5-2-6-10-17/h1-10,18H,11-14H2,(H,23,26)(H,24,25). The largest absolute Gasteiger partial charge is 0.445 e. The Hall–Kier alpha value is -3.33. The zero-order valence-corrected chi connectivity index (χ0v) is 14.9. The van der Waals surface area contributed by atoms with Crippen molar-refractivity contribution in [3.63, 3.8) is 0 Å². The fourth-order valence-corrected chi connectivity index (χ4v) is 2.68. The van der Waals surface area contributed by atoms with Crippen molar-refractivity contribution in [2.45, 2.75) is 37.5 Å². The van der Waals surface area contributed by atoms with Crippen LogP contribution in [0.3, 0.4) is 0 Å². The molecule has 1 aliphatic carbocycles. The SMILES string of the molecule is N#CC1(NC(=O)C(Cc2ccccc2)NC(=O)OCc2ccccc2)CC1. The quantitative estimate of drug-likeness (QED) is 0.791. The van der Waals surface area contributed by atoms with E-state index < -0.39 is 17.7 Å². The molecule has 1 fully saturated rings. The third-order valence-corrected chi connectivity index (χ3v) is 4.43. The predicted octanol–water partition coefficient (Wildman–Crippen LogP) is 2.70. The summed E-state index contributed by atoms with van der Waals surface area (Å²) in [6, 6.07) is 20.0. The van der Waals surface area contributed by atoms with Crippen LogP contribution in [-0.2, 0) is 22.6 Å². The zero-order valence-electron chi connectivity index (χ0n) is 14.9. The van der Waals surface area contributed by atoms with Crippen LogP contribution in [-0.4, -0.2) is 23.6 Å². The summed E-state index contributed by atoms with van der Waals surface area (Å²) in [5.74, 6) is -0.380. The highest BCUT2D eigenvalue weighted by atomic mass is 16.5. The third kappa shape index (κ3) is 5.32. The van der Waals surface area contributed by atoms with E-state index in [1.165, 1.54) is 0 Å². The van der Waals surface area contributed by atoms with Crippen molar-refractivity contribution in [2.24, 2.45) is 0 Å². The van der Waals surface area contributed by atoms with Gasteiger partial charge in [-0.2, -0.15) is 5.26 Å². The average Bonchev–Trinajstić information content (AvgIpc) is 3.47. The van der Waals surface area contributed by atoms with E-state index in [0.29, 0.717) is 19.3 Å². The highest BCUT2D eigenvalue weighted by Gasteiger charge is 2.45. The molecule has 0 bridgehead atoms. The summed E-state index contributed by atoms with van der Waals surface area (Å²) in [6.07, 6.45) is 0.906. The number of alkyl carbamates (subject to hydrolysis) is 1. The molecule has 0 aromatic heterocycles. The first-order valence-corrected chi connectivity index (χ1v) is 8.85. The minimum Gasteiger partial charge on any atom is -0.445 e. The summed E-state index contributed by atoms with van der Waals surface area (Å²) >= 11 is 0. The maximum atomic E-state index is 12.6. The topological polar surface area (TPSA) is 91.2 Å². The average molecular weight is 363 g/mol. The molecule has 0 radical (unpaired) electrons. The molecule has 1 saturated carbocycles. The summed E-state index contributed by atoms with van der Waals surface area (Å²) < 4.78 is 5.22. The van der Waals surface area contributed by atoms with Crippen molar-refractivity contribution in [3.8, 4) is 6.07 Å². The van der Waals surface area contributed by atoms with Crippen molar-refractivity contribution < 1.29 is 14.3 Å². The Bertz CT molecular complexity index is 827. The van der Waals surface area contributed by atoms with Gasteiger partial charge < -0.3 is 15.4 Å². The van der Waals surface area contributed by atoms with Gasteiger partial charge in [0.2, 0.25) is 5.91 Å². The molecule has 1 unspecified atom stereocenters. The second-order valence-corrected chi connectivity index (χ2v) is 6.63. The summed E-state index contributed by atoms with van der Waals surface area (Å²) in [5, 5.41) is 14.6. The first kappa shape index (κ1) is 18.5. The van der Waals surface area contributed by atoms with Crippen LogP contribution in [0.2, 0.25) is 0 Å². The van der Waals surface area contributed by atoms with Gasteiger partial charge in [0.25, 0.3) is 0 Å². The van der Waals surface area contributed by atoms with Gasteiger partial charge in [-0.3, -0.25) is 4.79 Å². The molecule has 0 heterocycles. The molecule has 1 aliphatic rings. The van der Waals surface area contributed by atoms with Crippen molar-refractivity contribution in [1.29, 1.82) is 5.26 Å². The normalized spacial score (nSPS) is 15.1. The number of nitrogens with zero attached hydrogens (tertiary/aromatic N) is 1. The van der Waals surface area contributed by atoms with Gasteiger partial charge in [-0.15, -0.1) is 0 Å². The van der Waals surface area contributed by atoms with Crippen LogP contribution >= 0.6 is 0 Å². The lowest BCUT2D eigenvalue weighted by molar-refractivity contribution is -0.123. The zero-order chi connectivity index (χ0) is 19.1. The molecule has 0 spiro atoms. The molecule has 27 heavy (non-hydrogen) atoms. The maximum Gasteiger partial charge on any atom is 0.408 e. The number of amides is 2. The molecule has 3 rings (SSSR count). The van der Waals surface area contributed by atoms with Crippen LogP contribution in [0.1, 0.15) is 24.0 Å². The van der Waals surface area contributed by atoms with Crippen LogP contribution in [0.4, 0.5) is 4.79 Å². The Labute approximate surface area is 158 Å². The Balaban J connectivity index is 1.62. The van der Waals surface area contributed by atoms with Crippen molar-refractivity contribution in [2.75, 3.05) is 0 Å². The molecule has 138 valence electrons. The smallest absolute Gasteiger partial charge is 0.408 e. The Morgan fingerprint density at radius 1 is 1.04 bits per heavy atom. The molecular formula is C21H21N3O3. The Morgan fingerprint density at radius 2 is 1.63 bits per heavy atom. The number of hydrogen-bond donors (Lipinski definition) is 2. The molecule has 2 aromatic carbocycles. The van der Waals surface area contributed by atoms with Crippen LogP contribution < -0.4 is 10.6 Å². The number of rotatable bonds is 7. The lowest BCUT2D eigenvalue weighted by Gasteiger charge is -2.20. The lowest BCUT2D eigenvalue weighted by atomic mass is 10.0. The minimum absolute atomic E-state index is 0.120. The van der Waals surface area contributed by atoms with Crippen LogP contribution in [0.5, 0.6) is 0 Å². The van der Waals surface area contributed by atoms with Crippen LogP contribution in [0, 0.1) is 11.3 Å². The Kier molecular flexibility index (Phi) is 5.72. The summed E-state index contributed by atoms with van der Waals surface area (Å²) in [7, 11) is 0. The fourth-order valence-electron chi connectivity index (χ4n) is 2.68. The fraction of sp³-hybridized carbons (Fsp3) is 0.286. The van der Waals surface area contributed by atoms with Gasteiger partial charge in [0, 0.05) is 6.42 Å². The van der Waals surface area contributed by atoms with Gasteiger partial charge in [-0.05, 0) is 24.0 Å². The van der Waals surface area contributed by atoms with E-state index in [0.717, 1.165) is 11.1 Å². The van der Waals surface area contributed by atoms with E-state index in [-0.39, 0.29) is 12.5 Å². The summed E-state index contributed by atoms with van der Waals surface area (Å²) in [5.41, 5.74) is 0.975. The van der Waals surface area contributed by atoms with E-state index in [1.54, 1.807) is 0 Å². The second-order valence-electron chi connectivity index (χ2n) is 6.63. The van der Waals surface area contributed by atoms with Crippen LogP contribution in [0.25, 0.3) is 0 Å². The lowest BCUT2D eigenvalue weighted by Crippen LogP contribution is -2.51. The van der Waals surface area contributed by atoms with Gasteiger partial charge >= 0.3 is 6.09 Å². The van der Waals surface area contributed by atoms with Gasteiger partial charge in [0.05, 0.1) is 6.07 Å². The molecular weight excluding hydrogens is 342 g/mol. The first-order valence-electron chi connectivity index (χ1n) is 8.85. The van der Waals surface area contributed by atoms with E-state index in [9.17, 15) is 14.9 Å². The summed E-state index contributed by atoms with van der Waals surface area (Å²) in [6.45, 7) is 0.120. The number of carbonyl (C=O) groups excluding carboxylic acids is 2. The highest BCUT2D eigenvalue weighted by Crippen LogP contribution is 2.34. The maximum absolute atomic E-state index is 12.6. The predicted molar refractivity (Wildman–Crippen MR) is 99.4 cm³/mol. The van der Waals surface area contributed by atoms with Gasteiger partial charge in [-0.25, -0.2) is 4.79 Å². The second kappa shape index (κ2) is 8.37.